The number of anilines is 1. The quantitative estimate of drug-likeness (QED) is 0.750. The zero-order valence-electron chi connectivity index (χ0n) is 13.4. The lowest BCUT2D eigenvalue weighted by molar-refractivity contribution is 0.354. The number of nitrogens with one attached hydrogen (secondary N) is 1. The standard InChI is InChI=1S/C16H19N5O2/c1-21-10-19-12-9-18-16(20-15(12)21)17-7-6-11-4-5-13(22-2)14(8-11)23-3/h4-5,8-10H,6-7H2,1-3H3,(H,17,18,20). The van der Waals surface area contributed by atoms with Crippen LogP contribution in [-0.2, 0) is 13.5 Å². The maximum absolute atomic E-state index is 5.31. The van der Waals surface area contributed by atoms with Gasteiger partial charge >= 0.3 is 0 Å². The van der Waals surface area contributed by atoms with Crippen molar-refractivity contribution in [2.24, 2.45) is 7.05 Å². The summed E-state index contributed by atoms with van der Waals surface area (Å²) in [5.41, 5.74) is 2.75. The van der Waals surface area contributed by atoms with Crippen LogP contribution in [0.4, 0.5) is 5.95 Å². The molecule has 3 rings (SSSR count). The molecule has 0 saturated carbocycles. The van der Waals surface area contributed by atoms with Crippen LogP contribution in [-0.4, -0.2) is 40.3 Å². The van der Waals surface area contributed by atoms with E-state index in [2.05, 4.69) is 20.3 Å². The molecule has 0 atom stereocenters. The summed E-state index contributed by atoms with van der Waals surface area (Å²) >= 11 is 0. The lowest BCUT2D eigenvalue weighted by atomic mass is 10.1. The molecule has 120 valence electrons. The van der Waals surface area contributed by atoms with Gasteiger partial charge in [0.25, 0.3) is 0 Å². The van der Waals surface area contributed by atoms with E-state index in [1.54, 1.807) is 26.7 Å². The van der Waals surface area contributed by atoms with Gasteiger partial charge in [0.05, 0.1) is 26.7 Å². The first kappa shape index (κ1) is 15.1. The third kappa shape index (κ3) is 3.18. The number of imidazole rings is 1. The minimum atomic E-state index is 0.599. The number of ether oxygens (including phenoxy) is 2. The molecule has 0 aliphatic heterocycles. The van der Waals surface area contributed by atoms with Crippen LogP contribution < -0.4 is 14.8 Å². The van der Waals surface area contributed by atoms with Crippen molar-refractivity contribution >= 4 is 17.1 Å². The summed E-state index contributed by atoms with van der Waals surface area (Å²) < 4.78 is 12.4. The molecule has 0 unspecified atom stereocenters. The first-order chi connectivity index (χ1) is 11.2. The normalized spacial score (nSPS) is 10.7. The highest BCUT2D eigenvalue weighted by molar-refractivity contribution is 5.70. The van der Waals surface area contributed by atoms with E-state index in [0.29, 0.717) is 5.95 Å². The molecule has 0 amide bonds. The molecule has 0 aliphatic carbocycles. The Morgan fingerprint density at radius 1 is 1.13 bits per heavy atom. The molecule has 7 heteroatoms. The Morgan fingerprint density at radius 2 is 1.96 bits per heavy atom. The zero-order valence-corrected chi connectivity index (χ0v) is 13.4. The summed E-state index contributed by atoms with van der Waals surface area (Å²) in [6, 6.07) is 5.91. The van der Waals surface area contributed by atoms with Crippen molar-refractivity contribution < 1.29 is 9.47 Å². The average Bonchev–Trinajstić information content (AvgIpc) is 2.95. The minimum Gasteiger partial charge on any atom is -0.493 e. The fourth-order valence-electron chi connectivity index (χ4n) is 2.36. The van der Waals surface area contributed by atoms with Crippen LogP contribution in [0.1, 0.15) is 5.56 Å². The van der Waals surface area contributed by atoms with Gasteiger partial charge in [0.1, 0.15) is 5.52 Å². The first-order valence-corrected chi connectivity index (χ1v) is 7.30. The van der Waals surface area contributed by atoms with E-state index >= 15 is 0 Å². The van der Waals surface area contributed by atoms with Crippen LogP contribution in [0.15, 0.2) is 30.7 Å². The minimum absolute atomic E-state index is 0.599. The summed E-state index contributed by atoms with van der Waals surface area (Å²) in [6.07, 6.45) is 4.28. The Bertz CT molecular complexity index is 815. The fraction of sp³-hybridized carbons (Fsp3) is 0.312. The third-order valence-corrected chi connectivity index (χ3v) is 3.60. The Labute approximate surface area is 134 Å². The van der Waals surface area contributed by atoms with E-state index in [4.69, 9.17) is 9.47 Å². The molecule has 1 N–H and O–H groups in total. The van der Waals surface area contributed by atoms with Crippen molar-refractivity contribution in [2.75, 3.05) is 26.1 Å². The zero-order chi connectivity index (χ0) is 16.2. The van der Waals surface area contributed by atoms with Gasteiger partial charge in [0.2, 0.25) is 5.95 Å². The number of rotatable bonds is 6. The second-order valence-electron chi connectivity index (χ2n) is 5.12. The Kier molecular flexibility index (Phi) is 4.27. The highest BCUT2D eigenvalue weighted by Crippen LogP contribution is 2.27. The van der Waals surface area contributed by atoms with Crippen molar-refractivity contribution in [1.29, 1.82) is 0 Å². The topological polar surface area (TPSA) is 74.1 Å². The highest BCUT2D eigenvalue weighted by atomic mass is 16.5. The van der Waals surface area contributed by atoms with Crippen molar-refractivity contribution in [3.63, 3.8) is 0 Å². The summed E-state index contributed by atoms with van der Waals surface area (Å²) in [6.45, 7) is 0.721. The Morgan fingerprint density at radius 3 is 2.74 bits per heavy atom. The smallest absolute Gasteiger partial charge is 0.224 e. The molecule has 1 aromatic carbocycles. The van der Waals surface area contributed by atoms with E-state index in [1.807, 2.05) is 29.8 Å². The lowest BCUT2D eigenvalue weighted by Gasteiger charge is -2.10. The van der Waals surface area contributed by atoms with E-state index < -0.39 is 0 Å². The molecule has 0 aliphatic rings. The van der Waals surface area contributed by atoms with Gasteiger partial charge in [0, 0.05) is 13.6 Å². The average molecular weight is 313 g/mol. The lowest BCUT2D eigenvalue weighted by Crippen LogP contribution is -2.08. The number of hydrogen-bond donors (Lipinski definition) is 1. The van der Waals surface area contributed by atoms with Crippen molar-refractivity contribution in [3.8, 4) is 11.5 Å². The fourth-order valence-corrected chi connectivity index (χ4v) is 2.36. The van der Waals surface area contributed by atoms with Crippen LogP contribution in [0.25, 0.3) is 11.2 Å². The van der Waals surface area contributed by atoms with Gasteiger partial charge in [-0.25, -0.2) is 9.97 Å². The Balaban J connectivity index is 1.65. The van der Waals surface area contributed by atoms with Crippen LogP contribution in [0.2, 0.25) is 0 Å². The molecule has 0 bridgehead atoms. The molecule has 2 heterocycles. The van der Waals surface area contributed by atoms with Gasteiger partial charge in [-0.3, -0.25) is 0 Å². The van der Waals surface area contributed by atoms with Gasteiger partial charge in [0.15, 0.2) is 17.1 Å². The number of benzene rings is 1. The SMILES string of the molecule is COc1ccc(CCNc2ncc3ncn(C)c3n2)cc1OC. The predicted octanol–water partition coefficient (Wildman–Crippen LogP) is 2.04. The first-order valence-electron chi connectivity index (χ1n) is 7.30. The van der Waals surface area contributed by atoms with E-state index in [0.717, 1.165) is 41.2 Å². The van der Waals surface area contributed by atoms with Crippen molar-refractivity contribution in [2.45, 2.75) is 6.42 Å². The van der Waals surface area contributed by atoms with Gasteiger partial charge < -0.3 is 19.4 Å². The molecule has 0 saturated heterocycles. The van der Waals surface area contributed by atoms with Gasteiger partial charge in [-0.15, -0.1) is 0 Å². The van der Waals surface area contributed by atoms with Crippen LogP contribution in [0.5, 0.6) is 11.5 Å². The maximum atomic E-state index is 5.31. The largest absolute Gasteiger partial charge is 0.493 e. The number of hydrogen-bond acceptors (Lipinski definition) is 6. The summed E-state index contributed by atoms with van der Waals surface area (Å²) in [4.78, 5) is 12.9. The number of aromatic nitrogens is 4. The number of aryl methyl sites for hydroxylation is 1. The van der Waals surface area contributed by atoms with Crippen molar-refractivity contribution in [3.05, 3.63) is 36.3 Å². The van der Waals surface area contributed by atoms with Gasteiger partial charge in [-0.05, 0) is 24.1 Å². The van der Waals surface area contributed by atoms with E-state index in [9.17, 15) is 0 Å². The highest BCUT2D eigenvalue weighted by Gasteiger charge is 2.06. The van der Waals surface area contributed by atoms with Gasteiger partial charge in [-0.2, -0.15) is 4.98 Å². The Hall–Kier alpha value is -2.83. The summed E-state index contributed by atoms with van der Waals surface area (Å²) in [7, 11) is 5.18. The number of fused-ring (bicyclic) bond motifs is 1. The second kappa shape index (κ2) is 6.51. The van der Waals surface area contributed by atoms with Crippen molar-refractivity contribution in [1.82, 2.24) is 19.5 Å². The molecule has 23 heavy (non-hydrogen) atoms. The molecule has 0 spiro atoms. The molecule has 0 radical (unpaired) electrons. The van der Waals surface area contributed by atoms with Crippen LogP contribution >= 0.6 is 0 Å². The summed E-state index contributed by atoms with van der Waals surface area (Å²) in [5, 5.41) is 3.23. The number of methoxy groups -OCH3 is 2. The van der Waals surface area contributed by atoms with Crippen LogP contribution in [0.3, 0.4) is 0 Å². The van der Waals surface area contributed by atoms with E-state index in [1.165, 1.54) is 0 Å². The molecule has 2 aromatic heterocycles. The van der Waals surface area contributed by atoms with Gasteiger partial charge in [-0.1, -0.05) is 6.07 Å². The van der Waals surface area contributed by atoms with E-state index in [-0.39, 0.29) is 0 Å². The molecule has 3 aromatic rings. The van der Waals surface area contributed by atoms with Crippen LogP contribution in [0, 0.1) is 0 Å². The molecule has 7 nitrogen and oxygen atoms in total. The predicted molar refractivity (Wildman–Crippen MR) is 88.0 cm³/mol. The third-order valence-electron chi connectivity index (χ3n) is 3.60. The molecular weight excluding hydrogens is 294 g/mol. The monoisotopic (exact) mass is 313 g/mol. The maximum Gasteiger partial charge on any atom is 0.224 e. The summed E-state index contributed by atoms with van der Waals surface area (Å²) in [5.74, 6) is 2.06. The molecule has 0 fully saturated rings. The second-order valence-corrected chi connectivity index (χ2v) is 5.12. The molecular formula is C16H19N5O2. The number of nitrogens with zero attached hydrogens (tertiary/aromatic N) is 4.